The van der Waals surface area contributed by atoms with E-state index in [-0.39, 0.29) is 17.8 Å². The Morgan fingerprint density at radius 3 is 2.57 bits per heavy atom. The Bertz CT molecular complexity index is 737. The van der Waals surface area contributed by atoms with Gasteiger partial charge in [-0.25, -0.2) is 4.68 Å². The molecule has 21 heavy (non-hydrogen) atoms. The van der Waals surface area contributed by atoms with E-state index in [1.165, 1.54) is 30.3 Å². The number of nitro groups is 1. The van der Waals surface area contributed by atoms with Gasteiger partial charge in [0.05, 0.1) is 10.6 Å². The van der Waals surface area contributed by atoms with Gasteiger partial charge in [0.25, 0.3) is 11.2 Å². The molecule has 0 atom stereocenters. The summed E-state index contributed by atoms with van der Waals surface area (Å²) in [5.74, 6) is -0.441. The quantitative estimate of drug-likeness (QED) is 0.669. The molecule has 0 aliphatic carbocycles. The van der Waals surface area contributed by atoms with Crippen LogP contribution < -0.4 is 10.9 Å². The van der Waals surface area contributed by atoms with Crippen molar-refractivity contribution in [2.24, 2.45) is 0 Å². The first kappa shape index (κ1) is 14.4. The van der Waals surface area contributed by atoms with Crippen LogP contribution in [0.4, 0.5) is 11.4 Å². The molecule has 0 fully saturated rings. The third-order valence-corrected chi connectivity index (χ3v) is 2.66. The Balaban J connectivity index is 2.06. The number of rotatable bonds is 4. The number of nitrogens with one attached hydrogen (secondary N) is 1. The number of anilines is 1. The van der Waals surface area contributed by atoms with E-state index in [0.29, 0.717) is 11.4 Å². The summed E-state index contributed by atoms with van der Waals surface area (Å²) in [5, 5.41) is 17.0. The number of hydrogen-bond donors (Lipinski definition) is 1. The fourth-order valence-electron chi connectivity index (χ4n) is 1.67. The first-order chi connectivity index (χ1) is 9.95. The normalized spacial score (nSPS) is 10.1. The van der Waals surface area contributed by atoms with Gasteiger partial charge < -0.3 is 5.32 Å². The number of nitrogens with zero attached hydrogens (tertiary/aromatic N) is 3. The van der Waals surface area contributed by atoms with Gasteiger partial charge in [0.1, 0.15) is 6.54 Å². The maximum absolute atomic E-state index is 11.8. The van der Waals surface area contributed by atoms with E-state index >= 15 is 0 Å². The topological polar surface area (TPSA) is 107 Å². The summed E-state index contributed by atoms with van der Waals surface area (Å²) in [5.41, 5.74) is 0.591. The summed E-state index contributed by atoms with van der Waals surface area (Å²) in [4.78, 5) is 33.3. The molecule has 8 nitrogen and oxygen atoms in total. The van der Waals surface area contributed by atoms with E-state index in [1.54, 1.807) is 13.0 Å². The molecule has 8 heteroatoms. The first-order valence-corrected chi connectivity index (χ1v) is 6.05. The Morgan fingerprint density at radius 1 is 1.29 bits per heavy atom. The van der Waals surface area contributed by atoms with Crippen LogP contribution in [0.1, 0.15) is 5.69 Å². The standard InChI is InChI=1S/C13H12N4O4/c1-9-2-7-13(19)16(15-9)8-12(18)14-10-3-5-11(6-4-10)17(20)21/h2-7H,8H2,1H3,(H,14,18). The van der Waals surface area contributed by atoms with Gasteiger partial charge in [-0.15, -0.1) is 0 Å². The highest BCUT2D eigenvalue weighted by molar-refractivity contribution is 5.90. The van der Waals surface area contributed by atoms with E-state index in [2.05, 4.69) is 10.4 Å². The lowest BCUT2D eigenvalue weighted by Crippen LogP contribution is -2.29. The van der Waals surface area contributed by atoms with E-state index in [0.717, 1.165) is 4.68 Å². The lowest BCUT2D eigenvalue weighted by molar-refractivity contribution is -0.384. The second-order valence-electron chi connectivity index (χ2n) is 4.32. The van der Waals surface area contributed by atoms with Crippen LogP contribution in [0.3, 0.4) is 0 Å². The number of aryl methyl sites for hydroxylation is 1. The molecule has 0 saturated heterocycles. The fourth-order valence-corrected chi connectivity index (χ4v) is 1.67. The van der Waals surface area contributed by atoms with Gasteiger partial charge in [-0.05, 0) is 25.1 Å². The monoisotopic (exact) mass is 288 g/mol. The van der Waals surface area contributed by atoms with Gasteiger partial charge in [-0.1, -0.05) is 0 Å². The van der Waals surface area contributed by atoms with Crippen molar-refractivity contribution < 1.29 is 9.72 Å². The van der Waals surface area contributed by atoms with Crippen molar-refractivity contribution in [1.29, 1.82) is 0 Å². The van der Waals surface area contributed by atoms with Crippen molar-refractivity contribution in [1.82, 2.24) is 9.78 Å². The zero-order valence-electron chi connectivity index (χ0n) is 11.1. The summed E-state index contributed by atoms with van der Waals surface area (Å²) >= 11 is 0. The number of nitro benzene ring substituents is 1. The van der Waals surface area contributed by atoms with Gasteiger partial charge in [-0.2, -0.15) is 5.10 Å². The van der Waals surface area contributed by atoms with E-state index in [4.69, 9.17) is 0 Å². The number of hydrogen-bond acceptors (Lipinski definition) is 5. The maximum Gasteiger partial charge on any atom is 0.269 e. The molecular formula is C13H12N4O4. The molecule has 0 saturated carbocycles. The number of non-ortho nitro benzene ring substituents is 1. The smallest absolute Gasteiger partial charge is 0.269 e. The molecule has 2 aromatic rings. The molecule has 0 bridgehead atoms. The third-order valence-electron chi connectivity index (χ3n) is 2.66. The summed E-state index contributed by atoms with van der Waals surface area (Å²) < 4.78 is 1.05. The Kier molecular flexibility index (Phi) is 4.07. The molecule has 0 aliphatic rings. The molecule has 0 aliphatic heterocycles. The zero-order chi connectivity index (χ0) is 15.4. The Hall–Kier alpha value is -3.03. The lowest BCUT2D eigenvalue weighted by atomic mass is 10.3. The third kappa shape index (κ3) is 3.72. The van der Waals surface area contributed by atoms with Crippen LogP contribution >= 0.6 is 0 Å². The highest BCUT2D eigenvalue weighted by Gasteiger charge is 2.08. The molecule has 0 spiro atoms. The summed E-state index contributed by atoms with van der Waals surface area (Å²) in [6, 6.07) is 8.30. The minimum Gasteiger partial charge on any atom is -0.324 e. The van der Waals surface area contributed by atoms with E-state index in [9.17, 15) is 19.7 Å². The van der Waals surface area contributed by atoms with Crippen LogP contribution in [0.2, 0.25) is 0 Å². The molecule has 1 aromatic carbocycles. The molecule has 1 amide bonds. The van der Waals surface area contributed by atoms with Crippen LogP contribution in [0.25, 0.3) is 0 Å². The van der Waals surface area contributed by atoms with Gasteiger partial charge in [0.2, 0.25) is 5.91 Å². The van der Waals surface area contributed by atoms with Crippen molar-refractivity contribution in [2.75, 3.05) is 5.32 Å². The second-order valence-corrected chi connectivity index (χ2v) is 4.32. The predicted octanol–water partition coefficient (Wildman–Crippen LogP) is 1.10. The average Bonchev–Trinajstić information content (AvgIpc) is 2.43. The van der Waals surface area contributed by atoms with Crippen LogP contribution in [0, 0.1) is 17.0 Å². The number of carbonyl (C=O) groups is 1. The van der Waals surface area contributed by atoms with Gasteiger partial charge in [0, 0.05) is 23.9 Å². The number of amides is 1. The minimum atomic E-state index is -0.526. The second kappa shape index (κ2) is 5.95. The Labute approximate surface area is 119 Å². The summed E-state index contributed by atoms with van der Waals surface area (Å²) in [7, 11) is 0. The predicted molar refractivity (Wildman–Crippen MR) is 75.0 cm³/mol. The molecule has 1 heterocycles. The van der Waals surface area contributed by atoms with Gasteiger partial charge in [-0.3, -0.25) is 19.7 Å². The van der Waals surface area contributed by atoms with Crippen LogP contribution in [-0.2, 0) is 11.3 Å². The summed E-state index contributed by atoms with van der Waals surface area (Å²) in [6.07, 6.45) is 0. The van der Waals surface area contributed by atoms with Crippen molar-refractivity contribution in [3.05, 3.63) is 62.6 Å². The molecule has 0 radical (unpaired) electrons. The first-order valence-electron chi connectivity index (χ1n) is 6.05. The van der Waals surface area contributed by atoms with Crippen molar-refractivity contribution in [3.8, 4) is 0 Å². The van der Waals surface area contributed by atoms with E-state index in [1.807, 2.05) is 0 Å². The van der Waals surface area contributed by atoms with Crippen molar-refractivity contribution in [2.45, 2.75) is 13.5 Å². The molecule has 1 aromatic heterocycles. The van der Waals surface area contributed by atoms with Crippen molar-refractivity contribution in [3.63, 3.8) is 0 Å². The lowest BCUT2D eigenvalue weighted by Gasteiger charge is -2.06. The minimum absolute atomic E-state index is 0.0652. The van der Waals surface area contributed by atoms with Crippen LogP contribution in [0.5, 0.6) is 0 Å². The maximum atomic E-state index is 11.8. The zero-order valence-corrected chi connectivity index (χ0v) is 11.1. The average molecular weight is 288 g/mol. The van der Waals surface area contributed by atoms with Crippen LogP contribution in [0.15, 0.2) is 41.2 Å². The number of carbonyl (C=O) groups excluding carboxylic acids is 1. The van der Waals surface area contributed by atoms with Gasteiger partial charge >= 0.3 is 0 Å². The molecule has 0 unspecified atom stereocenters. The number of benzene rings is 1. The van der Waals surface area contributed by atoms with Gasteiger partial charge in [0.15, 0.2) is 0 Å². The molecule has 108 valence electrons. The van der Waals surface area contributed by atoms with Crippen LogP contribution in [-0.4, -0.2) is 20.6 Å². The SMILES string of the molecule is Cc1ccc(=O)n(CC(=O)Nc2ccc([N+](=O)[O-])cc2)n1. The van der Waals surface area contributed by atoms with Crippen molar-refractivity contribution >= 4 is 17.3 Å². The van der Waals surface area contributed by atoms with E-state index < -0.39 is 10.8 Å². The largest absolute Gasteiger partial charge is 0.324 e. The number of aromatic nitrogens is 2. The molecular weight excluding hydrogens is 276 g/mol. The molecule has 2 rings (SSSR count). The highest BCUT2D eigenvalue weighted by Crippen LogP contribution is 2.15. The summed E-state index contributed by atoms with van der Waals surface area (Å²) in [6.45, 7) is 1.49. The highest BCUT2D eigenvalue weighted by atomic mass is 16.6. The Morgan fingerprint density at radius 2 is 1.95 bits per heavy atom. The fraction of sp³-hybridized carbons (Fsp3) is 0.154. The molecule has 1 N–H and O–H groups in total.